The molecule has 2 aromatic carbocycles. The van der Waals surface area contributed by atoms with Crippen LogP contribution in [0.5, 0.6) is 23.0 Å². The van der Waals surface area contributed by atoms with Gasteiger partial charge in [-0.2, -0.15) is 10.1 Å². The first-order chi connectivity index (χ1) is 28.5. The molecule has 1 aliphatic rings. The zero-order valence-electron chi connectivity index (χ0n) is 35.5. The standard InChI is InChI=1S/C41H57N5O14.H2O/c1-7-8-29(25-42)9-12-32(44(3)18-15-28-10-13-33(55-4)35(21-28)56-5)31-11-14-34(36(22-31)57-6)58-26-37(47)43-45-19-16-30(17-20-45)27(2)59-46(54)60-39(50)24-41(53,40(51)52)23-38(48)49;/h10-11,13-14,21-22,27,29-30,32,53H,7-9,12,15-20,23-24,26H2,1-6H3,(H2-,43,47,48,49,51,52);1H2. The number of hydrazine groups is 1. The van der Waals surface area contributed by atoms with Gasteiger partial charge in [0.05, 0.1) is 46.2 Å². The summed E-state index contributed by atoms with van der Waals surface area (Å²) in [6, 6.07) is 13.9. The first-order valence-electron chi connectivity index (χ1n) is 19.7. The van der Waals surface area contributed by atoms with Gasteiger partial charge in [-0.25, -0.2) is 9.80 Å². The van der Waals surface area contributed by atoms with Crippen molar-refractivity contribution in [3.63, 3.8) is 0 Å². The molecule has 1 amide bonds. The number of hydrogen-bond donors (Lipinski definition) is 3. The van der Waals surface area contributed by atoms with Crippen LogP contribution in [0.2, 0.25) is 0 Å². The molecule has 4 atom stereocenters. The van der Waals surface area contributed by atoms with Crippen molar-refractivity contribution in [2.75, 3.05) is 54.6 Å². The highest BCUT2D eigenvalue weighted by atomic mass is 17.0. The van der Waals surface area contributed by atoms with E-state index in [1.165, 1.54) is 7.11 Å². The molecule has 3 rings (SSSR count). The fourth-order valence-electron chi connectivity index (χ4n) is 7.02. The Morgan fingerprint density at radius 1 is 1.00 bits per heavy atom. The molecule has 1 fully saturated rings. The number of rotatable bonds is 26. The number of likely N-dealkylation sites (N-methyl/N-ethyl adjacent to an activating group) is 1. The van der Waals surface area contributed by atoms with E-state index in [0.29, 0.717) is 48.9 Å². The maximum absolute atomic E-state index is 12.9. The van der Waals surface area contributed by atoms with E-state index in [9.17, 15) is 39.6 Å². The summed E-state index contributed by atoms with van der Waals surface area (Å²) >= 11 is 0. The third kappa shape index (κ3) is 16.0. The minimum absolute atomic E-state index is 0. The number of aliphatic carboxylic acids is 2. The molecule has 0 aliphatic carbocycles. The van der Waals surface area contributed by atoms with Gasteiger partial charge in [0.1, 0.15) is 10.5 Å². The van der Waals surface area contributed by atoms with Crippen LogP contribution >= 0.6 is 0 Å². The van der Waals surface area contributed by atoms with Gasteiger partial charge in [-0.15, -0.1) is 4.84 Å². The van der Waals surface area contributed by atoms with E-state index in [4.69, 9.17) is 28.9 Å². The minimum atomic E-state index is -3.08. The Hall–Kier alpha value is -5.75. The smallest absolute Gasteiger partial charge is 0.486 e. The van der Waals surface area contributed by atoms with E-state index in [-0.39, 0.29) is 30.0 Å². The van der Waals surface area contributed by atoms with Gasteiger partial charge in [-0.3, -0.25) is 19.9 Å². The Morgan fingerprint density at radius 2 is 1.64 bits per heavy atom. The number of nitrogens with one attached hydrogen (secondary N) is 1. The topological polar surface area (TPSA) is 281 Å². The van der Waals surface area contributed by atoms with Gasteiger partial charge in [0.2, 0.25) is 0 Å². The van der Waals surface area contributed by atoms with Crippen LogP contribution in [-0.4, -0.2) is 121 Å². The molecule has 338 valence electrons. The second-order valence-corrected chi connectivity index (χ2v) is 14.7. The van der Waals surface area contributed by atoms with E-state index in [1.807, 2.05) is 30.3 Å². The number of carbonyl (C=O) groups is 4. The molecular weight excluding hydrogens is 802 g/mol. The minimum Gasteiger partial charge on any atom is -0.547 e. The van der Waals surface area contributed by atoms with Crippen LogP contribution < -0.4 is 29.5 Å². The van der Waals surface area contributed by atoms with Crippen LogP contribution in [0.3, 0.4) is 0 Å². The van der Waals surface area contributed by atoms with E-state index in [2.05, 4.69) is 35.2 Å². The lowest BCUT2D eigenvalue weighted by molar-refractivity contribution is -0.970. The zero-order valence-corrected chi connectivity index (χ0v) is 35.5. The molecule has 1 heterocycles. The number of benzene rings is 2. The number of hydrogen-bond acceptors (Lipinski definition) is 16. The molecule has 0 radical (unpaired) electrons. The summed E-state index contributed by atoms with van der Waals surface area (Å²) in [5.41, 5.74) is 1.79. The largest absolute Gasteiger partial charge is 0.547 e. The first-order valence-corrected chi connectivity index (χ1v) is 19.7. The van der Waals surface area contributed by atoms with Crippen LogP contribution in [0, 0.1) is 28.1 Å². The van der Waals surface area contributed by atoms with Gasteiger partial charge >= 0.3 is 17.0 Å². The lowest BCUT2D eigenvalue weighted by Gasteiger charge is -2.32. The number of aliphatic hydroxyl groups is 1. The average molecular weight is 862 g/mol. The molecule has 4 unspecified atom stereocenters. The lowest BCUT2D eigenvalue weighted by atomic mass is 9.92. The second-order valence-electron chi connectivity index (χ2n) is 14.7. The van der Waals surface area contributed by atoms with Crippen molar-refractivity contribution >= 4 is 23.8 Å². The summed E-state index contributed by atoms with van der Waals surface area (Å²) in [5, 5.41) is 40.8. The number of ether oxygens (including phenoxy) is 4. The van der Waals surface area contributed by atoms with Crippen LogP contribution in [0.4, 0.5) is 0 Å². The van der Waals surface area contributed by atoms with Crippen LogP contribution in [0.1, 0.15) is 82.4 Å². The third-order valence-electron chi connectivity index (χ3n) is 10.4. The van der Waals surface area contributed by atoms with Crippen LogP contribution in [0.15, 0.2) is 36.4 Å². The number of piperidine rings is 1. The van der Waals surface area contributed by atoms with Crippen molar-refractivity contribution in [1.82, 2.24) is 15.3 Å². The van der Waals surface area contributed by atoms with Gasteiger partial charge in [0.25, 0.3) is 5.91 Å². The molecule has 5 N–H and O–H groups in total. The summed E-state index contributed by atoms with van der Waals surface area (Å²) in [6.45, 7) is 4.83. The lowest BCUT2D eigenvalue weighted by Crippen LogP contribution is -2.51. The highest BCUT2D eigenvalue weighted by Crippen LogP contribution is 2.35. The molecule has 0 bridgehead atoms. The molecule has 0 spiro atoms. The Labute approximate surface area is 355 Å². The van der Waals surface area contributed by atoms with Crippen molar-refractivity contribution < 1.29 is 73.7 Å². The van der Waals surface area contributed by atoms with Crippen molar-refractivity contribution in [3.8, 4) is 29.1 Å². The quantitative estimate of drug-likeness (QED) is 0.114. The molecule has 0 saturated carbocycles. The Kier molecular flexibility index (Phi) is 21.2. The van der Waals surface area contributed by atoms with Gasteiger partial charge in [0, 0.05) is 37.5 Å². The number of carboxylic acid groups (broad SMARTS) is 2. The summed E-state index contributed by atoms with van der Waals surface area (Å²) in [7, 11) is 6.79. The van der Waals surface area contributed by atoms with Gasteiger partial charge < -0.3 is 44.5 Å². The van der Waals surface area contributed by atoms with E-state index in [0.717, 1.165) is 49.8 Å². The maximum atomic E-state index is 12.9. The van der Waals surface area contributed by atoms with Gasteiger partial charge in [-0.05, 0) is 87.9 Å². The Balaban J connectivity index is 0.0000128. The maximum Gasteiger partial charge on any atom is 0.486 e. The van der Waals surface area contributed by atoms with E-state index in [1.54, 1.807) is 32.2 Å². The number of carbonyl (C=O) groups excluding carboxylic acids is 3. The van der Waals surface area contributed by atoms with E-state index >= 15 is 0 Å². The van der Waals surface area contributed by atoms with Gasteiger partial charge in [-0.1, -0.05) is 25.5 Å². The van der Waals surface area contributed by atoms with Crippen molar-refractivity contribution in [3.05, 3.63) is 52.4 Å². The molecule has 0 aromatic heterocycles. The highest BCUT2D eigenvalue weighted by molar-refractivity contribution is 5.87. The Morgan fingerprint density at radius 3 is 2.23 bits per heavy atom. The number of carboxylic acids is 2. The second kappa shape index (κ2) is 25.1. The molecule has 2 aromatic rings. The number of nitrogens with zero attached hydrogens (tertiary/aromatic N) is 4. The molecule has 20 nitrogen and oxygen atoms in total. The van der Waals surface area contributed by atoms with Crippen LogP contribution in [-0.2, 0) is 35.3 Å². The monoisotopic (exact) mass is 861 g/mol. The molecule has 61 heavy (non-hydrogen) atoms. The molecule has 20 heteroatoms. The molecule has 1 saturated heterocycles. The average Bonchev–Trinajstić information content (AvgIpc) is 3.21. The zero-order chi connectivity index (χ0) is 44.4. The SMILES string of the molecule is CCCC(C#N)CCC(c1ccc(OCC(=O)NN2CCC(C(C)O[N+](=O)OC(=O)CC(O)(CC(=O)O)C(=O)[O-])CC2)c(OC)c1)N(C)CCc1ccc(OC)c(OC)c1.O. The summed E-state index contributed by atoms with van der Waals surface area (Å²) in [5.74, 6) is -3.99. The van der Waals surface area contributed by atoms with Crippen molar-refractivity contribution in [2.24, 2.45) is 11.8 Å². The van der Waals surface area contributed by atoms with Gasteiger partial charge in [0.15, 0.2) is 35.7 Å². The number of methoxy groups -OCH3 is 3. The van der Waals surface area contributed by atoms with Crippen molar-refractivity contribution in [1.29, 1.82) is 5.26 Å². The highest BCUT2D eigenvalue weighted by Gasteiger charge is 2.39. The normalized spacial score (nSPS) is 15.4. The third-order valence-corrected chi connectivity index (χ3v) is 10.4. The molecule has 1 aliphatic heterocycles. The fourth-order valence-corrected chi connectivity index (χ4v) is 7.02. The predicted molar refractivity (Wildman–Crippen MR) is 214 cm³/mol. The molecular formula is C41H59N5O15. The fraction of sp³-hybridized carbons (Fsp3) is 0.585. The summed E-state index contributed by atoms with van der Waals surface area (Å²) in [6.07, 6.45) is 1.43. The summed E-state index contributed by atoms with van der Waals surface area (Å²) in [4.78, 5) is 70.7. The Bertz CT molecular complexity index is 1820. The first kappa shape index (κ1) is 51.4. The van der Waals surface area contributed by atoms with Crippen molar-refractivity contribution in [2.45, 2.75) is 89.4 Å². The number of amides is 1. The summed E-state index contributed by atoms with van der Waals surface area (Å²) < 4.78 is 22.5. The predicted octanol–water partition coefficient (Wildman–Crippen LogP) is 1.85. The van der Waals surface area contributed by atoms with Crippen LogP contribution in [0.25, 0.3) is 0 Å². The number of nitriles is 1. The van der Waals surface area contributed by atoms with E-state index < -0.39 is 53.4 Å².